The topological polar surface area (TPSA) is 68.5 Å². The molecule has 7 heteroatoms. The Kier molecular flexibility index (Phi) is 3.81. The van der Waals surface area contributed by atoms with E-state index in [1.54, 1.807) is 6.20 Å². The van der Waals surface area contributed by atoms with Gasteiger partial charge in [-0.15, -0.1) is 5.10 Å². The van der Waals surface area contributed by atoms with E-state index in [0.717, 1.165) is 36.9 Å². The summed E-state index contributed by atoms with van der Waals surface area (Å²) in [6, 6.07) is 0. The molecule has 2 rings (SSSR count). The first kappa shape index (κ1) is 11.0. The van der Waals surface area contributed by atoms with E-state index in [1.807, 2.05) is 10.9 Å². The van der Waals surface area contributed by atoms with Crippen LogP contribution >= 0.6 is 11.5 Å². The maximum Gasteiger partial charge on any atom is 0.202 e. The summed E-state index contributed by atoms with van der Waals surface area (Å²) in [6.07, 6.45) is 5.42. The molecular formula is C9H14N6S. The molecule has 0 aliphatic heterocycles. The maximum atomic E-state index is 4.32. The Labute approximate surface area is 97.9 Å². The van der Waals surface area contributed by atoms with E-state index >= 15 is 0 Å². The summed E-state index contributed by atoms with van der Waals surface area (Å²) in [4.78, 5) is 4.32. The summed E-state index contributed by atoms with van der Waals surface area (Å²) in [6.45, 7) is 3.79. The van der Waals surface area contributed by atoms with Gasteiger partial charge in [0.2, 0.25) is 5.13 Å². The summed E-state index contributed by atoms with van der Waals surface area (Å²) >= 11 is 1.42. The molecule has 0 atom stereocenters. The van der Waals surface area contributed by atoms with Crippen molar-refractivity contribution < 1.29 is 0 Å². The molecule has 0 aliphatic rings. The minimum Gasteiger partial charge on any atom is -0.360 e. The van der Waals surface area contributed by atoms with E-state index in [0.29, 0.717) is 0 Å². The third-order valence-electron chi connectivity index (χ3n) is 2.10. The van der Waals surface area contributed by atoms with E-state index in [9.17, 15) is 0 Å². The van der Waals surface area contributed by atoms with Crippen LogP contribution in [0.25, 0.3) is 0 Å². The minimum atomic E-state index is 0.867. The quantitative estimate of drug-likeness (QED) is 0.766. The van der Waals surface area contributed by atoms with E-state index in [-0.39, 0.29) is 0 Å². The van der Waals surface area contributed by atoms with Crippen molar-refractivity contribution in [3.05, 3.63) is 18.2 Å². The number of anilines is 1. The number of aryl methyl sites for hydroxylation is 2. The van der Waals surface area contributed by atoms with Crippen molar-refractivity contribution in [2.24, 2.45) is 0 Å². The molecule has 0 bridgehead atoms. The van der Waals surface area contributed by atoms with Gasteiger partial charge in [-0.2, -0.15) is 4.37 Å². The zero-order valence-corrected chi connectivity index (χ0v) is 9.94. The number of rotatable bonds is 6. The predicted molar refractivity (Wildman–Crippen MR) is 62.4 cm³/mol. The first-order chi connectivity index (χ1) is 7.88. The number of hydrogen-bond acceptors (Lipinski definition) is 6. The van der Waals surface area contributed by atoms with Gasteiger partial charge in [0, 0.05) is 37.2 Å². The van der Waals surface area contributed by atoms with Gasteiger partial charge in [-0.05, 0) is 6.42 Å². The Morgan fingerprint density at radius 1 is 1.50 bits per heavy atom. The normalized spacial score (nSPS) is 10.6. The van der Waals surface area contributed by atoms with Gasteiger partial charge in [-0.25, -0.2) is 4.98 Å². The van der Waals surface area contributed by atoms with Crippen molar-refractivity contribution in [3.8, 4) is 0 Å². The van der Waals surface area contributed by atoms with Crippen LogP contribution in [0.4, 0.5) is 5.13 Å². The van der Waals surface area contributed by atoms with E-state index in [2.05, 4.69) is 31.9 Å². The fourth-order valence-corrected chi connectivity index (χ4v) is 1.93. The summed E-state index contributed by atoms with van der Waals surface area (Å²) < 4.78 is 6.02. The van der Waals surface area contributed by atoms with Gasteiger partial charge in [0.1, 0.15) is 5.82 Å². The lowest BCUT2D eigenvalue weighted by Gasteiger charge is -2.01. The molecule has 6 nitrogen and oxygen atoms in total. The van der Waals surface area contributed by atoms with Crippen LogP contribution in [0.5, 0.6) is 0 Å². The highest BCUT2D eigenvalue weighted by Crippen LogP contribution is 2.10. The first-order valence-electron chi connectivity index (χ1n) is 5.29. The predicted octanol–water partition coefficient (Wildman–Crippen LogP) is 1.19. The molecular weight excluding hydrogens is 224 g/mol. The third kappa shape index (κ3) is 2.99. The third-order valence-corrected chi connectivity index (χ3v) is 2.81. The summed E-state index contributed by atoms with van der Waals surface area (Å²) in [5.74, 6) is 0.906. The molecule has 0 aromatic carbocycles. The molecule has 0 unspecified atom stereocenters. The molecule has 0 saturated carbocycles. The van der Waals surface area contributed by atoms with E-state index in [4.69, 9.17) is 0 Å². The van der Waals surface area contributed by atoms with Gasteiger partial charge in [0.25, 0.3) is 0 Å². The fraction of sp³-hybridized carbons (Fsp3) is 0.556. The van der Waals surface area contributed by atoms with Gasteiger partial charge in [-0.3, -0.25) is 4.68 Å². The van der Waals surface area contributed by atoms with Crippen LogP contribution in [-0.4, -0.2) is 30.9 Å². The van der Waals surface area contributed by atoms with Crippen molar-refractivity contribution in [1.29, 1.82) is 0 Å². The molecule has 2 aromatic heterocycles. The van der Waals surface area contributed by atoms with Crippen LogP contribution < -0.4 is 5.32 Å². The van der Waals surface area contributed by atoms with Crippen LogP contribution in [0.2, 0.25) is 0 Å². The molecule has 0 amide bonds. The molecule has 2 aromatic rings. The molecule has 1 N–H and O–H groups in total. The zero-order chi connectivity index (χ0) is 11.2. The number of hydrogen-bond donors (Lipinski definition) is 1. The first-order valence-corrected chi connectivity index (χ1v) is 6.06. The molecule has 2 heterocycles. The van der Waals surface area contributed by atoms with Gasteiger partial charge in [0.05, 0.1) is 6.20 Å². The van der Waals surface area contributed by atoms with Crippen molar-refractivity contribution in [2.45, 2.75) is 26.3 Å². The Hall–Kier alpha value is -1.50. The van der Waals surface area contributed by atoms with E-state index in [1.165, 1.54) is 11.5 Å². The Balaban J connectivity index is 1.68. The van der Waals surface area contributed by atoms with Gasteiger partial charge in [-0.1, -0.05) is 12.1 Å². The van der Waals surface area contributed by atoms with Crippen LogP contribution in [0.15, 0.2) is 12.4 Å². The summed E-state index contributed by atoms with van der Waals surface area (Å²) in [5.41, 5.74) is 0. The Morgan fingerprint density at radius 3 is 3.12 bits per heavy atom. The van der Waals surface area contributed by atoms with Crippen LogP contribution in [0.1, 0.15) is 19.2 Å². The lowest BCUT2D eigenvalue weighted by molar-refractivity contribution is 0.569. The molecule has 0 fully saturated rings. The second-order valence-electron chi connectivity index (χ2n) is 3.32. The van der Waals surface area contributed by atoms with E-state index < -0.39 is 0 Å². The molecule has 0 saturated heterocycles. The smallest absolute Gasteiger partial charge is 0.202 e. The maximum absolute atomic E-state index is 4.32. The van der Waals surface area contributed by atoms with Crippen LogP contribution in [0, 0.1) is 0 Å². The van der Waals surface area contributed by atoms with Gasteiger partial charge >= 0.3 is 0 Å². The standard InChI is InChI=1S/C9H14N6S/c1-2-8-12-9(16-13-8)10-4-3-6-15-7-5-11-14-15/h5,7H,2-4,6H2,1H3,(H,10,12,13). The molecule has 16 heavy (non-hydrogen) atoms. The SMILES string of the molecule is CCc1nsc(NCCCn2ccnn2)n1. The Morgan fingerprint density at radius 2 is 2.44 bits per heavy atom. The van der Waals surface area contributed by atoms with Crippen molar-refractivity contribution in [1.82, 2.24) is 24.4 Å². The number of nitrogens with one attached hydrogen (secondary N) is 1. The monoisotopic (exact) mass is 238 g/mol. The lowest BCUT2D eigenvalue weighted by Crippen LogP contribution is -2.07. The molecule has 0 spiro atoms. The largest absolute Gasteiger partial charge is 0.360 e. The second-order valence-corrected chi connectivity index (χ2v) is 4.07. The Bertz CT molecular complexity index is 409. The highest BCUT2D eigenvalue weighted by atomic mass is 32.1. The number of nitrogens with zero attached hydrogens (tertiary/aromatic N) is 5. The number of aromatic nitrogens is 5. The average molecular weight is 238 g/mol. The molecule has 0 radical (unpaired) electrons. The molecule has 86 valence electrons. The van der Waals surface area contributed by atoms with Gasteiger partial charge < -0.3 is 5.32 Å². The average Bonchev–Trinajstić information content (AvgIpc) is 2.95. The summed E-state index contributed by atoms with van der Waals surface area (Å²) in [5, 5.41) is 11.8. The highest BCUT2D eigenvalue weighted by molar-refractivity contribution is 7.09. The van der Waals surface area contributed by atoms with Crippen molar-refractivity contribution >= 4 is 16.7 Å². The fourth-order valence-electron chi connectivity index (χ4n) is 1.26. The van der Waals surface area contributed by atoms with Crippen molar-refractivity contribution in [2.75, 3.05) is 11.9 Å². The summed E-state index contributed by atoms with van der Waals surface area (Å²) in [7, 11) is 0. The van der Waals surface area contributed by atoms with Crippen LogP contribution in [0.3, 0.4) is 0 Å². The molecule has 0 aliphatic carbocycles. The van der Waals surface area contributed by atoms with Crippen molar-refractivity contribution in [3.63, 3.8) is 0 Å². The zero-order valence-electron chi connectivity index (χ0n) is 9.13. The lowest BCUT2D eigenvalue weighted by atomic mass is 10.4. The second kappa shape index (κ2) is 5.55. The van der Waals surface area contributed by atoms with Gasteiger partial charge in [0.15, 0.2) is 0 Å². The highest BCUT2D eigenvalue weighted by Gasteiger charge is 2.00. The minimum absolute atomic E-state index is 0.867. The van der Waals surface area contributed by atoms with Crippen LogP contribution in [-0.2, 0) is 13.0 Å².